The molecule has 0 unspecified atom stereocenters. The zero-order valence-electron chi connectivity index (χ0n) is 24.7. The second-order valence-corrected chi connectivity index (χ2v) is 11.9. The molecule has 0 amide bonds. The molecule has 0 aliphatic carbocycles. The minimum Gasteiger partial charge on any atom is -0.309 e. The van der Waals surface area contributed by atoms with Crippen LogP contribution >= 0.6 is 0 Å². The van der Waals surface area contributed by atoms with Gasteiger partial charge in [-0.3, -0.25) is 0 Å². The van der Waals surface area contributed by atoms with Crippen molar-refractivity contribution >= 4 is 0 Å². The van der Waals surface area contributed by atoms with Crippen molar-refractivity contribution in [2.45, 2.75) is 142 Å². The second-order valence-electron chi connectivity index (χ2n) is 11.9. The number of nitrogens with zero attached hydrogens (tertiary/aromatic N) is 2. The first-order chi connectivity index (χ1) is 17.1. The van der Waals surface area contributed by atoms with Crippen molar-refractivity contribution in [2.75, 3.05) is 40.3 Å². The Bertz CT molecular complexity index is 501. The van der Waals surface area contributed by atoms with Crippen LogP contribution in [0.3, 0.4) is 0 Å². The summed E-state index contributed by atoms with van der Waals surface area (Å²) in [7, 11) is 4.40. The molecule has 1 saturated heterocycles. The van der Waals surface area contributed by atoms with Crippen molar-refractivity contribution in [3.05, 3.63) is 24.3 Å². The van der Waals surface area contributed by atoms with Crippen molar-refractivity contribution < 1.29 is 0 Å². The number of hydrogen-bond donors (Lipinski definition) is 0. The fourth-order valence-corrected chi connectivity index (χ4v) is 5.71. The maximum Gasteiger partial charge on any atom is 0.00505 e. The van der Waals surface area contributed by atoms with Crippen LogP contribution in [-0.2, 0) is 0 Å². The molecule has 0 bridgehead atoms. The number of likely N-dealkylation sites (tertiary alicyclic amines) is 1. The molecule has 2 heteroatoms. The van der Waals surface area contributed by atoms with E-state index < -0.39 is 0 Å². The highest BCUT2D eigenvalue weighted by Gasteiger charge is 2.40. The molecular weight excluding hydrogens is 424 g/mol. The lowest BCUT2D eigenvalue weighted by Crippen LogP contribution is -2.56. The third-order valence-corrected chi connectivity index (χ3v) is 7.94. The fourth-order valence-electron chi connectivity index (χ4n) is 5.71. The molecule has 1 aliphatic rings. The predicted octanol–water partition coefficient (Wildman–Crippen LogP) is 9.80. The summed E-state index contributed by atoms with van der Waals surface area (Å²) in [6.07, 6.45) is 37.2. The lowest BCUT2D eigenvalue weighted by molar-refractivity contribution is -0.0183. The van der Waals surface area contributed by atoms with Crippen LogP contribution in [-0.4, -0.2) is 50.1 Å². The Hall–Kier alpha value is -0.600. The van der Waals surface area contributed by atoms with Crippen molar-refractivity contribution in [3.8, 4) is 0 Å². The molecule has 0 saturated carbocycles. The van der Waals surface area contributed by atoms with E-state index in [1.807, 2.05) is 0 Å². The van der Waals surface area contributed by atoms with Crippen LogP contribution in [0.25, 0.3) is 0 Å². The Morgan fingerprint density at radius 3 is 1.63 bits per heavy atom. The second kappa shape index (κ2) is 22.6. The van der Waals surface area contributed by atoms with Gasteiger partial charge in [0.25, 0.3) is 0 Å². The highest BCUT2D eigenvalue weighted by Crippen LogP contribution is 2.40. The van der Waals surface area contributed by atoms with Crippen LogP contribution in [0.15, 0.2) is 24.3 Å². The van der Waals surface area contributed by atoms with Gasteiger partial charge in [0.2, 0.25) is 0 Å². The van der Waals surface area contributed by atoms with Gasteiger partial charge in [-0.15, -0.1) is 0 Å². The predicted molar refractivity (Wildman–Crippen MR) is 159 cm³/mol. The molecule has 0 atom stereocenters. The Morgan fingerprint density at radius 2 is 1.09 bits per heavy atom. The summed E-state index contributed by atoms with van der Waals surface area (Å²) in [6.45, 7) is 9.88. The molecule has 1 aliphatic heterocycles. The van der Waals surface area contributed by atoms with E-state index in [2.05, 4.69) is 62.0 Å². The molecule has 206 valence electrons. The maximum absolute atomic E-state index is 2.75. The Labute approximate surface area is 222 Å². The summed E-state index contributed by atoms with van der Waals surface area (Å²) in [5, 5.41) is 0. The first kappa shape index (κ1) is 32.4. The topological polar surface area (TPSA) is 6.48 Å². The molecular formula is C33H64N2. The zero-order chi connectivity index (χ0) is 25.5. The van der Waals surface area contributed by atoms with Gasteiger partial charge in [0.1, 0.15) is 0 Å². The molecule has 0 N–H and O–H groups in total. The van der Waals surface area contributed by atoms with Crippen molar-refractivity contribution in [3.63, 3.8) is 0 Å². The van der Waals surface area contributed by atoms with Crippen LogP contribution in [0.5, 0.6) is 0 Å². The van der Waals surface area contributed by atoms with E-state index in [9.17, 15) is 0 Å². The van der Waals surface area contributed by atoms with E-state index in [1.165, 1.54) is 155 Å². The quantitative estimate of drug-likeness (QED) is 0.0931. The summed E-state index contributed by atoms with van der Waals surface area (Å²) < 4.78 is 0. The zero-order valence-corrected chi connectivity index (χ0v) is 24.7. The van der Waals surface area contributed by atoms with Gasteiger partial charge in [0.15, 0.2) is 0 Å². The van der Waals surface area contributed by atoms with Gasteiger partial charge in [-0.2, -0.15) is 0 Å². The Kier molecular flexibility index (Phi) is 20.9. The summed E-state index contributed by atoms with van der Waals surface area (Å²) in [6, 6.07) is 0. The van der Waals surface area contributed by atoms with Gasteiger partial charge in [-0.25, -0.2) is 0 Å². The third kappa shape index (κ3) is 18.3. The molecule has 1 rings (SSSR count). The SMILES string of the molecule is CCCC/C=C/C=C/CCCCCCCCC1(CCCCCCCCC)CN(CCCN(C)C)C1. The fraction of sp³-hybridized carbons (Fsp3) is 0.879. The van der Waals surface area contributed by atoms with Crippen LogP contribution < -0.4 is 0 Å². The normalized spacial score (nSPS) is 16.1. The van der Waals surface area contributed by atoms with Gasteiger partial charge in [-0.05, 0) is 71.1 Å². The van der Waals surface area contributed by atoms with Gasteiger partial charge in [-0.1, -0.05) is 128 Å². The third-order valence-electron chi connectivity index (χ3n) is 7.94. The number of rotatable bonds is 25. The van der Waals surface area contributed by atoms with Gasteiger partial charge < -0.3 is 9.80 Å². The molecule has 2 nitrogen and oxygen atoms in total. The van der Waals surface area contributed by atoms with E-state index in [0.717, 1.165) is 0 Å². The molecule has 0 aromatic heterocycles. The standard InChI is InChI=1S/C33H64N2/c1-5-7-9-11-13-14-15-16-17-18-19-21-23-25-28-33(27-24-22-20-12-10-8-6-2)31-35(32-33)30-26-29-34(3)4/h11,13-15H,5-10,12,16-32H2,1-4H3/b13-11+,15-14+. The Balaban J connectivity index is 2.14. The van der Waals surface area contributed by atoms with Crippen LogP contribution in [0.4, 0.5) is 0 Å². The smallest absolute Gasteiger partial charge is 0.00505 e. The summed E-state index contributed by atoms with van der Waals surface area (Å²) in [5.41, 5.74) is 0.664. The molecule has 35 heavy (non-hydrogen) atoms. The molecule has 0 aromatic carbocycles. The summed E-state index contributed by atoms with van der Waals surface area (Å²) in [4.78, 5) is 5.07. The minimum absolute atomic E-state index is 0.664. The summed E-state index contributed by atoms with van der Waals surface area (Å²) in [5.74, 6) is 0. The highest BCUT2D eigenvalue weighted by molar-refractivity contribution is 5.02. The van der Waals surface area contributed by atoms with Gasteiger partial charge in [0.05, 0.1) is 0 Å². The van der Waals surface area contributed by atoms with Crippen LogP contribution in [0, 0.1) is 5.41 Å². The van der Waals surface area contributed by atoms with E-state index in [0.29, 0.717) is 5.41 Å². The maximum atomic E-state index is 2.75. The molecule has 1 heterocycles. The lowest BCUT2D eigenvalue weighted by atomic mass is 9.71. The van der Waals surface area contributed by atoms with Crippen molar-refractivity contribution in [1.82, 2.24) is 9.80 Å². The first-order valence-electron chi connectivity index (χ1n) is 15.8. The number of hydrogen-bond acceptors (Lipinski definition) is 2. The van der Waals surface area contributed by atoms with Crippen LogP contribution in [0.1, 0.15) is 142 Å². The van der Waals surface area contributed by atoms with Crippen LogP contribution in [0.2, 0.25) is 0 Å². The van der Waals surface area contributed by atoms with Crippen molar-refractivity contribution in [2.24, 2.45) is 5.41 Å². The van der Waals surface area contributed by atoms with Crippen molar-refractivity contribution in [1.29, 1.82) is 0 Å². The molecule has 1 fully saturated rings. The highest BCUT2D eigenvalue weighted by atomic mass is 15.2. The van der Waals surface area contributed by atoms with E-state index in [4.69, 9.17) is 0 Å². The van der Waals surface area contributed by atoms with E-state index in [-0.39, 0.29) is 0 Å². The lowest BCUT2D eigenvalue weighted by Gasteiger charge is -2.51. The largest absolute Gasteiger partial charge is 0.309 e. The summed E-state index contributed by atoms with van der Waals surface area (Å²) >= 11 is 0. The van der Waals surface area contributed by atoms with E-state index in [1.54, 1.807) is 0 Å². The van der Waals surface area contributed by atoms with E-state index >= 15 is 0 Å². The average Bonchev–Trinajstić information content (AvgIpc) is 2.81. The molecule has 0 spiro atoms. The minimum atomic E-state index is 0.664. The molecule has 0 aromatic rings. The molecule has 0 radical (unpaired) electrons. The average molecular weight is 489 g/mol. The number of unbranched alkanes of at least 4 members (excludes halogenated alkanes) is 14. The first-order valence-corrected chi connectivity index (χ1v) is 15.8. The van der Waals surface area contributed by atoms with Gasteiger partial charge in [0, 0.05) is 13.1 Å². The Morgan fingerprint density at radius 1 is 0.600 bits per heavy atom. The van der Waals surface area contributed by atoms with Gasteiger partial charge >= 0.3 is 0 Å². The number of allylic oxidation sites excluding steroid dienone is 4. The monoisotopic (exact) mass is 489 g/mol.